The predicted octanol–water partition coefficient (Wildman–Crippen LogP) is 2.52. The Morgan fingerprint density at radius 1 is 1.24 bits per heavy atom. The number of rotatable bonds is 4. The van der Waals surface area contributed by atoms with Crippen molar-refractivity contribution < 1.29 is 9.53 Å². The van der Waals surface area contributed by atoms with Crippen LogP contribution in [0.4, 0.5) is 5.82 Å². The minimum absolute atomic E-state index is 0.237. The summed E-state index contributed by atoms with van der Waals surface area (Å²) in [5, 5.41) is 9.47. The summed E-state index contributed by atoms with van der Waals surface area (Å²) in [5.41, 5.74) is 2.18. The number of ether oxygens (including phenoxy) is 1. The highest BCUT2D eigenvalue weighted by molar-refractivity contribution is 7.80. The minimum Gasteiger partial charge on any atom is -0.497 e. The number of nitrogens with zero attached hydrogens (tertiary/aromatic N) is 1. The van der Waals surface area contributed by atoms with E-state index in [0.717, 1.165) is 11.3 Å². The largest absolute Gasteiger partial charge is 0.497 e. The van der Waals surface area contributed by atoms with Gasteiger partial charge in [-0.1, -0.05) is 18.2 Å². The van der Waals surface area contributed by atoms with Gasteiger partial charge < -0.3 is 20.7 Å². The fraction of sp³-hybridized carbons (Fsp3) is 0.167. The van der Waals surface area contributed by atoms with Gasteiger partial charge in [0.15, 0.2) is 5.11 Å². The number of hydrogen-bond donors (Lipinski definition) is 3. The number of carbonyl (C=O) groups excluding carboxylic acids is 1. The molecular weight excluding hydrogens is 336 g/mol. The molecule has 0 fully saturated rings. The van der Waals surface area contributed by atoms with Gasteiger partial charge in [0, 0.05) is 11.9 Å². The van der Waals surface area contributed by atoms with Gasteiger partial charge in [-0.25, -0.2) is 4.98 Å². The molecule has 1 atom stereocenters. The van der Waals surface area contributed by atoms with Gasteiger partial charge in [0.1, 0.15) is 11.6 Å². The molecule has 1 aliphatic rings. The van der Waals surface area contributed by atoms with Crippen molar-refractivity contribution in [2.75, 3.05) is 12.4 Å². The number of aromatic nitrogens is 1. The lowest BCUT2D eigenvalue weighted by Gasteiger charge is -2.30. The second kappa shape index (κ2) is 7.31. The molecule has 1 amide bonds. The van der Waals surface area contributed by atoms with E-state index in [1.807, 2.05) is 37.3 Å². The zero-order valence-electron chi connectivity index (χ0n) is 13.9. The van der Waals surface area contributed by atoms with Crippen LogP contribution < -0.4 is 20.7 Å². The van der Waals surface area contributed by atoms with E-state index in [4.69, 9.17) is 17.0 Å². The molecule has 0 spiro atoms. The molecule has 0 bridgehead atoms. The Balaban J connectivity index is 1.93. The summed E-state index contributed by atoms with van der Waals surface area (Å²) in [6.07, 6.45) is 1.63. The smallest absolute Gasteiger partial charge is 0.256 e. The summed E-state index contributed by atoms with van der Waals surface area (Å²) in [6.45, 7) is 1.83. The van der Waals surface area contributed by atoms with Crippen LogP contribution in [0.1, 0.15) is 18.5 Å². The summed E-state index contributed by atoms with van der Waals surface area (Å²) in [5.74, 6) is 1.01. The lowest BCUT2D eigenvalue weighted by molar-refractivity contribution is -0.113. The fourth-order valence-electron chi connectivity index (χ4n) is 2.66. The zero-order chi connectivity index (χ0) is 17.8. The van der Waals surface area contributed by atoms with Gasteiger partial charge in [0.05, 0.1) is 18.7 Å². The van der Waals surface area contributed by atoms with Crippen LogP contribution in [0.25, 0.3) is 0 Å². The minimum atomic E-state index is -0.358. The third-order valence-corrected chi connectivity index (χ3v) is 4.09. The molecule has 1 aliphatic heterocycles. The molecule has 3 N–H and O–H groups in total. The van der Waals surface area contributed by atoms with E-state index in [-0.39, 0.29) is 11.9 Å². The lowest BCUT2D eigenvalue weighted by Crippen LogP contribution is -2.45. The van der Waals surface area contributed by atoms with Crippen molar-refractivity contribution in [3.05, 3.63) is 65.5 Å². The molecule has 3 rings (SSSR count). The number of allylic oxidation sites excluding steroid dienone is 1. The first kappa shape index (κ1) is 16.9. The first-order chi connectivity index (χ1) is 12.1. The van der Waals surface area contributed by atoms with Crippen molar-refractivity contribution in [3.8, 4) is 5.75 Å². The van der Waals surface area contributed by atoms with E-state index in [1.54, 1.807) is 25.4 Å². The molecule has 7 heteroatoms. The Morgan fingerprint density at radius 2 is 2.00 bits per heavy atom. The highest BCUT2D eigenvalue weighted by Crippen LogP contribution is 2.28. The van der Waals surface area contributed by atoms with Gasteiger partial charge in [-0.3, -0.25) is 4.79 Å². The van der Waals surface area contributed by atoms with Gasteiger partial charge in [-0.2, -0.15) is 0 Å². The molecule has 128 valence electrons. The summed E-state index contributed by atoms with van der Waals surface area (Å²) in [6, 6.07) is 12.5. The molecule has 25 heavy (non-hydrogen) atoms. The third kappa shape index (κ3) is 3.77. The fourth-order valence-corrected chi connectivity index (χ4v) is 2.93. The summed E-state index contributed by atoms with van der Waals surface area (Å²) in [7, 11) is 1.61. The molecular formula is C18H18N4O2S. The first-order valence-electron chi connectivity index (χ1n) is 7.73. The average molecular weight is 354 g/mol. The van der Waals surface area contributed by atoms with Gasteiger partial charge in [-0.15, -0.1) is 0 Å². The number of thiocarbonyl (C=S) groups is 1. The molecule has 2 heterocycles. The van der Waals surface area contributed by atoms with Crippen LogP contribution in [0.3, 0.4) is 0 Å². The van der Waals surface area contributed by atoms with Crippen LogP contribution in [0.15, 0.2) is 59.9 Å². The lowest BCUT2D eigenvalue weighted by atomic mass is 9.95. The van der Waals surface area contributed by atoms with Crippen molar-refractivity contribution in [2.24, 2.45) is 0 Å². The van der Waals surface area contributed by atoms with E-state index < -0.39 is 0 Å². The number of hydrogen-bond acceptors (Lipinski definition) is 4. The molecule has 0 aliphatic carbocycles. The molecule has 1 aromatic heterocycles. The maximum atomic E-state index is 12.8. The second-order valence-electron chi connectivity index (χ2n) is 5.51. The standard InChI is InChI=1S/C18H18N4O2S/c1-11-15(17(23)21-14-5-3-4-10-19-14)16(22-18(25)20-11)12-6-8-13(24-2)9-7-12/h3-10,16H,1-2H3,(H,19,21,23)(H2,20,22,25)/t16-/m1/s1. The van der Waals surface area contributed by atoms with Crippen LogP contribution in [0, 0.1) is 0 Å². The quantitative estimate of drug-likeness (QED) is 0.733. The molecule has 0 saturated heterocycles. The van der Waals surface area contributed by atoms with Crippen LogP contribution in [0.2, 0.25) is 0 Å². The molecule has 2 aromatic rings. The van der Waals surface area contributed by atoms with E-state index in [2.05, 4.69) is 20.9 Å². The highest BCUT2D eigenvalue weighted by Gasteiger charge is 2.30. The molecule has 0 saturated carbocycles. The second-order valence-corrected chi connectivity index (χ2v) is 5.92. The summed E-state index contributed by atoms with van der Waals surface area (Å²) in [4.78, 5) is 17.0. The maximum absolute atomic E-state index is 12.8. The maximum Gasteiger partial charge on any atom is 0.256 e. The average Bonchev–Trinajstić information content (AvgIpc) is 2.62. The van der Waals surface area contributed by atoms with E-state index in [9.17, 15) is 4.79 Å². The van der Waals surface area contributed by atoms with Crippen LogP contribution >= 0.6 is 12.2 Å². The third-order valence-electron chi connectivity index (χ3n) is 3.87. The van der Waals surface area contributed by atoms with Crippen LogP contribution in [-0.4, -0.2) is 23.1 Å². The van der Waals surface area contributed by atoms with Gasteiger partial charge in [-0.05, 0) is 49.0 Å². The van der Waals surface area contributed by atoms with Crippen LogP contribution in [0.5, 0.6) is 5.75 Å². The topological polar surface area (TPSA) is 75.3 Å². The Bertz CT molecular complexity index is 819. The Morgan fingerprint density at radius 3 is 2.64 bits per heavy atom. The SMILES string of the molecule is COc1ccc([C@H]2NC(=S)NC(C)=C2C(=O)Nc2ccccn2)cc1. The van der Waals surface area contributed by atoms with Gasteiger partial charge in [0.25, 0.3) is 5.91 Å². The zero-order valence-corrected chi connectivity index (χ0v) is 14.7. The number of methoxy groups -OCH3 is 1. The predicted molar refractivity (Wildman–Crippen MR) is 100 cm³/mol. The normalized spacial score (nSPS) is 16.7. The monoisotopic (exact) mass is 354 g/mol. The van der Waals surface area contributed by atoms with Crippen molar-refractivity contribution in [1.82, 2.24) is 15.6 Å². The van der Waals surface area contributed by atoms with Crippen molar-refractivity contribution in [2.45, 2.75) is 13.0 Å². The van der Waals surface area contributed by atoms with E-state index in [1.165, 1.54) is 0 Å². The summed E-state index contributed by atoms with van der Waals surface area (Å²) < 4.78 is 5.19. The van der Waals surface area contributed by atoms with Crippen molar-refractivity contribution >= 4 is 29.1 Å². The van der Waals surface area contributed by atoms with Gasteiger partial charge >= 0.3 is 0 Å². The number of benzene rings is 1. The number of amides is 1. The highest BCUT2D eigenvalue weighted by atomic mass is 32.1. The number of nitrogens with one attached hydrogen (secondary N) is 3. The Labute approximate surface area is 151 Å². The Hall–Kier alpha value is -2.93. The Kier molecular flexibility index (Phi) is 4.95. The van der Waals surface area contributed by atoms with E-state index >= 15 is 0 Å². The van der Waals surface area contributed by atoms with Crippen LogP contribution in [-0.2, 0) is 4.79 Å². The number of carbonyl (C=O) groups is 1. The molecule has 0 unspecified atom stereocenters. The molecule has 1 aromatic carbocycles. The number of anilines is 1. The van der Waals surface area contributed by atoms with Crippen molar-refractivity contribution in [3.63, 3.8) is 0 Å². The van der Waals surface area contributed by atoms with Crippen molar-refractivity contribution in [1.29, 1.82) is 0 Å². The molecule has 6 nitrogen and oxygen atoms in total. The summed E-state index contributed by atoms with van der Waals surface area (Å²) >= 11 is 5.25. The first-order valence-corrected chi connectivity index (χ1v) is 8.14. The molecule has 0 radical (unpaired) electrons. The van der Waals surface area contributed by atoms with Gasteiger partial charge in [0.2, 0.25) is 0 Å². The van der Waals surface area contributed by atoms with E-state index in [0.29, 0.717) is 22.2 Å². The number of pyridine rings is 1.